The van der Waals surface area contributed by atoms with Crippen molar-refractivity contribution in [3.8, 4) is 0 Å². The van der Waals surface area contributed by atoms with Gasteiger partial charge in [-0.2, -0.15) is 0 Å². The van der Waals surface area contributed by atoms with Gasteiger partial charge >= 0.3 is 33.6 Å². The smallest absolute Gasteiger partial charge is 0.463 e. The zero-order valence-corrected chi connectivity index (χ0v) is 79.1. The Bertz CT molecular complexity index is 3070. The van der Waals surface area contributed by atoms with Gasteiger partial charge < -0.3 is 34.2 Å². The summed E-state index contributed by atoms with van der Waals surface area (Å²) in [4.78, 5) is 59.0. The molecule has 0 aromatic heterocycles. The molecule has 0 fully saturated rings. The fourth-order valence-corrected chi connectivity index (χ4v) is 14.4. The van der Waals surface area contributed by atoms with Crippen LogP contribution in [0.1, 0.15) is 380 Å². The van der Waals surface area contributed by atoms with E-state index in [1.165, 1.54) is 161 Å². The predicted molar refractivity (Wildman–Crippen MR) is 518 cm³/mol. The zero-order valence-electron chi connectivity index (χ0n) is 77.3. The number of rotatable bonds is 90. The van der Waals surface area contributed by atoms with Gasteiger partial charge in [-0.1, -0.05) is 414 Å². The summed E-state index contributed by atoms with van der Waals surface area (Å²) in [5.74, 6) is -1.67. The minimum absolute atomic E-state index is 0.0260. The van der Waals surface area contributed by atoms with Crippen molar-refractivity contribution in [2.24, 2.45) is 0 Å². The zero-order chi connectivity index (χ0) is 89.3. The Morgan fingerprint density at radius 3 is 0.675 bits per heavy atom. The summed E-state index contributed by atoms with van der Waals surface area (Å²) in [7, 11) is -9.84. The lowest BCUT2D eigenvalue weighted by Crippen LogP contribution is -2.29. The molecule has 0 amide bonds. The van der Waals surface area contributed by atoms with Crippen molar-refractivity contribution in [3.05, 3.63) is 207 Å². The first-order valence-electron chi connectivity index (χ1n) is 48.4. The van der Waals surface area contributed by atoms with E-state index < -0.39 is 91.5 Å². The second-order valence-corrected chi connectivity index (χ2v) is 34.6. The number of hydrogen-bond donors (Lipinski definition) is 4. The summed E-state index contributed by atoms with van der Waals surface area (Å²) in [6, 6.07) is 0. The van der Waals surface area contributed by atoms with E-state index >= 15 is 0 Å². The standard InChI is InChI=1S/C105H174O16P2/c1-4-7-10-13-16-19-22-25-28-31-34-36-38-40-42-44-46-48-49-51-53-54-56-58-60-62-65-67-70-73-76-79-82-85-88-91-103(108)115-94-100(106)95-117-122(111,112)118-96-101(107)97-119-123(113,114)120-99-102(121-105(110)93-90-87-84-81-78-75-72-69-64-33-30-27-24-21-18-15-12-9-6-3)98-116-104(109)92-89-86-83-80-77-74-71-68-66-63-61-59-57-55-52-50-47-45-43-41-39-37-35-32-29-26-23-20-17-14-11-8-5-2/h7-12,16-21,25-30,34-37,40-43,47,50,64,69,75,78,84,87,100-102,106-107H,4-6,13-15,22-24,31-33,38-39,44-46,48-49,51-63,65-68,70-74,76-77,79-83,85-86,88-99H2,1-3H3,(H,111,112)(H,113,114)/b10-7-,11-8-,12-9-,19-16-,20-17-,21-18-,28-25-,29-26-,30-27-,36-34-,37-35-,42-40-,43-41-,50-47-,69-64-,78-75-,87-84-. The minimum Gasteiger partial charge on any atom is -0.463 e. The second kappa shape index (κ2) is 95.2. The maximum atomic E-state index is 13.0. The molecule has 5 atom stereocenters. The summed E-state index contributed by atoms with van der Waals surface area (Å²) in [5, 5.41) is 20.7. The molecule has 0 aliphatic rings. The van der Waals surface area contributed by atoms with Crippen molar-refractivity contribution in [2.75, 3.05) is 39.6 Å². The van der Waals surface area contributed by atoms with Gasteiger partial charge in [0.25, 0.3) is 0 Å². The summed E-state index contributed by atoms with van der Waals surface area (Å²) in [6.07, 6.45) is 129. The summed E-state index contributed by atoms with van der Waals surface area (Å²) >= 11 is 0. The molecular weight excluding hydrogens is 1580 g/mol. The van der Waals surface area contributed by atoms with Gasteiger partial charge in [0.1, 0.15) is 25.4 Å². The second-order valence-electron chi connectivity index (χ2n) is 31.7. The van der Waals surface area contributed by atoms with Crippen molar-refractivity contribution in [3.63, 3.8) is 0 Å². The van der Waals surface area contributed by atoms with Crippen molar-refractivity contribution in [1.82, 2.24) is 0 Å². The van der Waals surface area contributed by atoms with Crippen LogP contribution < -0.4 is 0 Å². The highest BCUT2D eigenvalue weighted by molar-refractivity contribution is 7.47. The monoisotopic (exact) mass is 1750 g/mol. The molecule has 0 saturated heterocycles. The molecule has 0 bridgehead atoms. The van der Waals surface area contributed by atoms with Crippen LogP contribution in [0.3, 0.4) is 0 Å². The predicted octanol–water partition coefficient (Wildman–Crippen LogP) is 30.3. The first kappa shape index (κ1) is 117. The number of allylic oxidation sites excluding steroid dienone is 34. The fourth-order valence-electron chi connectivity index (χ4n) is 12.8. The van der Waals surface area contributed by atoms with Gasteiger partial charge in [-0.15, -0.1) is 0 Å². The summed E-state index contributed by atoms with van der Waals surface area (Å²) in [6.45, 7) is 2.28. The summed E-state index contributed by atoms with van der Waals surface area (Å²) in [5.41, 5.74) is 0. The number of ether oxygens (including phenoxy) is 3. The first-order valence-corrected chi connectivity index (χ1v) is 51.4. The van der Waals surface area contributed by atoms with Gasteiger partial charge in [-0.3, -0.25) is 32.5 Å². The number of unbranched alkanes of at least 4 members (excludes halogenated alkanes) is 33. The Labute approximate surface area is 750 Å². The van der Waals surface area contributed by atoms with E-state index in [2.05, 4.69) is 209 Å². The average molecular weight is 1750 g/mol. The number of hydrogen-bond acceptors (Lipinski definition) is 14. The van der Waals surface area contributed by atoms with E-state index in [4.69, 9.17) is 32.3 Å². The Hall–Kier alpha value is -5.87. The number of esters is 3. The molecule has 18 heteroatoms. The van der Waals surface area contributed by atoms with Crippen LogP contribution in [0, 0.1) is 0 Å². The third-order valence-corrected chi connectivity index (χ3v) is 21.9. The van der Waals surface area contributed by atoms with E-state index in [1.54, 1.807) is 0 Å². The number of aliphatic hydroxyl groups is 2. The molecule has 16 nitrogen and oxygen atoms in total. The van der Waals surface area contributed by atoms with Crippen LogP contribution in [-0.4, -0.2) is 95.9 Å². The molecule has 4 N–H and O–H groups in total. The molecule has 123 heavy (non-hydrogen) atoms. The van der Waals surface area contributed by atoms with E-state index in [1.807, 2.05) is 18.2 Å². The van der Waals surface area contributed by atoms with Crippen LogP contribution >= 0.6 is 15.6 Å². The SMILES string of the molecule is CC/C=C\C/C=C\C/C=C\C/C=C\C/C=C\C/C=C\CCCCCCCCCCCCCCCCC(=O)OCC(COP(=O)(O)OCC(O)COP(=O)(O)OCC(O)COC(=O)CCCCCCCCCCCCCCCCCCCCC/C=C\C/C=C\C/C=C\C/C=C\C/C=C\CC)OC(=O)CC/C=C\C/C=C\C/C=C\C/C=C\C/C=C\C/C=C\CC. The number of aliphatic hydroxyl groups excluding tert-OH is 2. The van der Waals surface area contributed by atoms with Gasteiger partial charge in [0, 0.05) is 19.3 Å². The first-order chi connectivity index (χ1) is 60.2. The van der Waals surface area contributed by atoms with Crippen molar-refractivity contribution in [1.29, 1.82) is 0 Å². The van der Waals surface area contributed by atoms with Gasteiger partial charge in [0.15, 0.2) is 6.10 Å². The minimum atomic E-state index is -4.97. The van der Waals surface area contributed by atoms with Crippen molar-refractivity contribution >= 4 is 33.6 Å². The Balaban J connectivity index is 4.54. The van der Waals surface area contributed by atoms with Crippen LogP contribution in [0.2, 0.25) is 0 Å². The van der Waals surface area contributed by atoms with Crippen LogP contribution in [0.15, 0.2) is 207 Å². The van der Waals surface area contributed by atoms with Gasteiger partial charge in [-0.05, 0) is 154 Å². The van der Waals surface area contributed by atoms with E-state index in [0.29, 0.717) is 25.7 Å². The molecule has 0 aliphatic carbocycles. The van der Waals surface area contributed by atoms with E-state index in [9.17, 15) is 43.5 Å². The Morgan fingerprint density at radius 1 is 0.228 bits per heavy atom. The molecule has 0 spiro atoms. The molecule has 0 aromatic carbocycles. The molecule has 0 heterocycles. The lowest BCUT2D eigenvalue weighted by molar-refractivity contribution is -0.161. The highest BCUT2D eigenvalue weighted by atomic mass is 31.2. The average Bonchev–Trinajstić information content (AvgIpc) is 0.898. The summed E-state index contributed by atoms with van der Waals surface area (Å²) < 4.78 is 61.4. The molecule has 0 aliphatic heterocycles. The number of carbonyl (C=O) groups excluding carboxylic acids is 3. The molecular formula is C105H174O16P2. The molecule has 0 radical (unpaired) electrons. The van der Waals surface area contributed by atoms with Crippen molar-refractivity contribution in [2.45, 2.75) is 399 Å². The Morgan fingerprint density at radius 2 is 0.423 bits per heavy atom. The number of carbonyl (C=O) groups is 3. The molecule has 700 valence electrons. The number of phosphoric acid groups is 2. The van der Waals surface area contributed by atoms with Crippen LogP contribution in [0.25, 0.3) is 0 Å². The highest BCUT2D eigenvalue weighted by Gasteiger charge is 2.29. The van der Waals surface area contributed by atoms with Crippen LogP contribution in [-0.2, 0) is 55.8 Å². The van der Waals surface area contributed by atoms with Gasteiger partial charge in [-0.25, -0.2) is 9.13 Å². The van der Waals surface area contributed by atoms with Crippen molar-refractivity contribution < 1.29 is 75.8 Å². The topological polar surface area (TPSA) is 231 Å². The quantitative estimate of drug-likeness (QED) is 0.0146. The molecule has 0 saturated carbocycles. The normalized spacial score (nSPS) is 14.6. The molecule has 0 rings (SSSR count). The lowest BCUT2D eigenvalue weighted by atomic mass is 10.0. The number of phosphoric ester groups is 2. The maximum absolute atomic E-state index is 13.0. The van der Waals surface area contributed by atoms with Crippen LogP contribution in [0.5, 0.6) is 0 Å². The van der Waals surface area contributed by atoms with E-state index in [-0.39, 0.29) is 19.3 Å². The maximum Gasteiger partial charge on any atom is 0.472 e. The van der Waals surface area contributed by atoms with Gasteiger partial charge in [0.2, 0.25) is 0 Å². The third-order valence-electron chi connectivity index (χ3n) is 20.0. The molecule has 5 unspecified atom stereocenters. The lowest BCUT2D eigenvalue weighted by Gasteiger charge is -2.21. The Kier molecular flexibility index (Phi) is 90.7. The third kappa shape index (κ3) is 96.6. The van der Waals surface area contributed by atoms with Crippen LogP contribution in [0.4, 0.5) is 0 Å². The largest absolute Gasteiger partial charge is 0.472 e. The van der Waals surface area contributed by atoms with E-state index in [0.717, 1.165) is 154 Å². The fraction of sp³-hybridized carbons (Fsp3) is 0.648. The van der Waals surface area contributed by atoms with Gasteiger partial charge in [0.05, 0.1) is 26.4 Å². The molecule has 0 aromatic rings. The highest BCUT2D eigenvalue weighted by Crippen LogP contribution is 2.45.